The van der Waals surface area contributed by atoms with Gasteiger partial charge < -0.3 is 10.1 Å². The molecule has 0 aliphatic rings. The first-order valence-electron chi connectivity index (χ1n) is 7.81. The van der Waals surface area contributed by atoms with Crippen molar-refractivity contribution in [3.05, 3.63) is 51.6 Å². The van der Waals surface area contributed by atoms with Crippen LogP contribution in [0.1, 0.15) is 32.9 Å². The highest BCUT2D eigenvalue weighted by Gasteiger charge is 2.17. The standard InChI is InChI=1S/C18H19N3O2S/c1-4-23-18(22)14-9-19-15-8-6-5-7-13(15)17(14)20-10-16-11(2)24-12(3)21-16/h5-9H,4,10H2,1-3H3,(H,19,20). The van der Waals surface area contributed by atoms with Crippen molar-refractivity contribution in [1.82, 2.24) is 9.97 Å². The number of aromatic nitrogens is 2. The van der Waals surface area contributed by atoms with Crippen LogP contribution >= 0.6 is 11.3 Å². The lowest BCUT2D eigenvalue weighted by atomic mass is 10.1. The Morgan fingerprint density at radius 2 is 2.08 bits per heavy atom. The molecule has 0 amide bonds. The van der Waals surface area contributed by atoms with Crippen LogP contribution < -0.4 is 5.32 Å². The van der Waals surface area contributed by atoms with Gasteiger partial charge in [-0.05, 0) is 26.8 Å². The molecule has 0 spiro atoms. The second-order valence-electron chi connectivity index (χ2n) is 5.37. The molecule has 124 valence electrons. The maximum atomic E-state index is 12.3. The predicted molar refractivity (Wildman–Crippen MR) is 96.6 cm³/mol. The normalized spacial score (nSPS) is 10.8. The van der Waals surface area contributed by atoms with Crippen LogP contribution in [0.5, 0.6) is 0 Å². The monoisotopic (exact) mass is 341 g/mol. The van der Waals surface area contributed by atoms with Gasteiger partial charge in [-0.1, -0.05) is 18.2 Å². The predicted octanol–water partition coefficient (Wildman–Crippen LogP) is 4.10. The van der Waals surface area contributed by atoms with Crippen LogP contribution in [0.2, 0.25) is 0 Å². The molecule has 0 aliphatic carbocycles. The number of anilines is 1. The Bertz CT molecular complexity index is 889. The summed E-state index contributed by atoms with van der Waals surface area (Å²) in [6.45, 7) is 6.72. The number of thiazole rings is 1. The van der Waals surface area contributed by atoms with Crippen LogP contribution in [0.15, 0.2) is 30.5 Å². The van der Waals surface area contributed by atoms with E-state index in [0.29, 0.717) is 18.7 Å². The molecule has 0 bridgehead atoms. The first-order valence-corrected chi connectivity index (χ1v) is 8.63. The second kappa shape index (κ2) is 6.97. The molecule has 0 radical (unpaired) electrons. The Labute approximate surface area is 144 Å². The van der Waals surface area contributed by atoms with Crippen molar-refractivity contribution < 1.29 is 9.53 Å². The third-order valence-corrected chi connectivity index (χ3v) is 4.63. The highest BCUT2D eigenvalue weighted by molar-refractivity contribution is 7.11. The summed E-state index contributed by atoms with van der Waals surface area (Å²) in [5.41, 5.74) is 3.01. The molecular formula is C18H19N3O2S. The van der Waals surface area contributed by atoms with Gasteiger partial charge in [-0.3, -0.25) is 4.98 Å². The largest absolute Gasteiger partial charge is 0.462 e. The smallest absolute Gasteiger partial charge is 0.341 e. The van der Waals surface area contributed by atoms with Gasteiger partial charge in [0.15, 0.2) is 0 Å². The number of pyridine rings is 1. The molecule has 6 heteroatoms. The zero-order valence-electron chi connectivity index (χ0n) is 13.9. The van der Waals surface area contributed by atoms with Crippen molar-refractivity contribution in [2.24, 2.45) is 0 Å². The number of hydrogen-bond acceptors (Lipinski definition) is 6. The number of carbonyl (C=O) groups excluding carboxylic acids is 1. The lowest BCUT2D eigenvalue weighted by Crippen LogP contribution is -2.11. The van der Waals surface area contributed by atoms with Gasteiger partial charge >= 0.3 is 5.97 Å². The number of para-hydroxylation sites is 1. The molecule has 1 N–H and O–H groups in total. The van der Waals surface area contributed by atoms with Crippen LogP contribution in [-0.4, -0.2) is 22.5 Å². The third kappa shape index (κ3) is 3.23. The van der Waals surface area contributed by atoms with E-state index in [1.807, 2.05) is 31.2 Å². The first-order chi connectivity index (χ1) is 11.6. The molecule has 3 rings (SSSR count). The van der Waals surface area contributed by atoms with E-state index < -0.39 is 0 Å². The molecule has 0 aliphatic heterocycles. The molecule has 0 saturated carbocycles. The number of rotatable bonds is 5. The van der Waals surface area contributed by atoms with E-state index in [9.17, 15) is 4.79 Å². The van der Waals surface area contributed by atoms with Crippen LogP contribution in [0.4, 0.5) is 5.69 Å². The highest BCUT2D eigenvalue weighted by Crippen LogP contribution is 2.28. The molecule has 0 unspecified atom stereocenters. The summed E-state index contributed by atoms with van der Waals surface area (Å²) in [5.74, 6) is -0.371. The summed E-state index contributed by atoms with van der Waals surface area (Å²) >= 11 is 1.67. The maximum absolute atomic E-state index is 12.3. The second-order valence-corrected chi connectivity index (χ2v) is 6.78. The average molecular weight is 341 g/mol. The Balaban J connectivity index is 2.01. The van der Waals surface area contributed by atoms with Crippen molar-refractivity contribution in [3.8, 4) is 0 Å². The number of aryl methyl sites for hydroxylation is 2. The van der Waals surface area contributed by atoms with Crippen LogP contribution in [0.3, 0.4) is 0 Å². The number of hydrogen-bond donors (Lipinski definition) is 1. The Morgan fingerprint density at radius 3 is 2.79 bits per heavy atom. The van der Waals surface area contributed by atoms with Gasteiger partial charge in [0, 0.05) is 16.5 Å². The fourth-order valence-corrected chi connectivity index (χ4v) is 3.44. The number of ether oxygens (including phenoxy) is 1. The topological polar surface area (TPSA) is 64.1 Å². The minimum atomic E-state index is -0.371. The van der Waals surface area contributed by atoms with E-state index >= 15 is 0 Å². The average Bonchev–Trinajstić information content (AvgIpc) is 2.90. The molecule has 0 saturated heterocycles. The molecule has 0 fully saturated rings. The zero-order chi connectivity index (χ0) is 17.1. The molecule has 3 aromatic rings. The Hall–Kier alpha value is -2.47. The van der Waals surface area contributed by atoms with Crippen molar-refractivity contribution >= 4 is 33.9 Å². The van der Waals surface area contributed by atoms with Crippen molar-refractivity contribution in [1.29, 1.82) is 0 Å². The highest BCUT2D eigenvalue weighted by atomic mass is 32.1. The third-order valence-electron chi connectivity index (χ3n) is 3.70. The van der Waals surface area contributed by atoms with Gasteiger partial charge in [0.1, 0.15) is 5.56 Å². The maximum Gasteiger partial charge on any atom is 0.341 e. The number of benzene rings is 1. The van der Waals surface area contributed by atoms with Gasteiger partial charge in [-0.2, -0.15) is 0 Å². The van der Waals surface area contributed by atoms with Crippen molar-refractivity contribution in [2.75, 3.05) is 11.9 Å². The summed E-state index contributed by atoms with van der Waals surface area (Å²) in [6.07, 6.45) is 1.57. The fourth-order valence-electron chi connectivity index (χ4n) is 2.60. The van der Waals surface area contributed by atoms with Crippen LogP contribution in [-0.2, 0) is 11.3 Å². The van der Waals surface area contributed by atoms with Gasteiger partial charge in [-0.15, -0.1) is 11.3 Å². The quantitative estimate of drug-likeness (QED) is 0.708. The minimum Gasteiger partial charge on any atom is -0.462 e. The lowest BCUT2D eigenvalue weighted by molar-refractivity contribution is 0.0527. The molecule has 0 atom stereocenters. The summed E-state index contributed by atoms with van der Waals surface area (Å²) in [4.78, 5) is 22.4. The Kier molecular flexibility index (Phi) is 4.76. The minimum absolute atomic E-state index is 0.329. The summed E-state index contributed by atoms with van der Waals surface area (Å²) in [6, 6.07) is 7.74. The van der Waals surface area contributed by atoms with Crippen molar-refractivity contribution in [2.45, 2.75) is 27.3 Å². The van der Waals surface area contributed by atoms with Gasteiger partial charge in [0.05, 0.1) is 35.1 Å². The van der Waals surface area contributed by atoms with Crippen LogP contribution in [0.25, 0.3) is 10.9 Å². The van der Waals surface area contributed by atoms with Gasteiger partial charge in [0.25, 0.3) is 0 Å². The van der Waals surface area contributed by atoms with E-state index in [1.54, 1.807) is 24.5 Å². The molecular weight excluding hydrogens is 322 g/mol. The van der Waals surface area contributed by atoms with Crippen LogP contribution in [0, 0.1) is 13.8 Å². The molecule has 2 heterocycles. The van der Waals surface area contributed by atoms with E-state index in [2.05, 4.69) is 22.2 Å². The SMILES string of the molecule is CCOC(=O)c1cnc2ccccc2c1NCc1nc(C)sc1C. The van der Waals surface area contributed by atoms with E-state index in [4.69, 9.17) is 4.74 Å². The van der Waals surface area contributed by atoms with E-state index in [1.165, 1.54) is 4.88 Å². The molecule has 5 nitrogen and oxygen atoms in total. The fraction of sp³-hybridized carbons (Fsp3) is 0.278. The first kappa shape index (κ1) is 16.4. The van der Waals surface area contributed by atoms with Crippen molar-refractivity contribution in [3.63, 3.8) is 0 Å². The Morgan fingerprint density at radius 1 is 1.29 bits per heavy atom. The van der Waals surface area contributed by atoms with Gasteiger partial charge in [-0.25, -0.2) is 9.78 Å². The summed E-state index contributed by atoms with van der Waals surface area (Å²) in [7, 11) is 0. The molecule has 2 aromatic heterocycles. The number of nitrogens with zero attached hydrogens (tertiary/aromatic N) is 2. The zero-order valence-corrected chi connectivity index (χ0v) is 14.7. The lowest BCUT2D eigenvalue weighted by Gasteiger charge is -2.13. The number of esters is 1. The number of carbonyl (C=O) groups is 1. The molecule has 1 aromatic carbocycles. The summed E-state index contributed by atoms with van der Waals surface area (Å²) in [5, 5.41) is 5.30. The summed E-state index contributed by atoms with van der Waals surface area (Å²) < 4.78 is 5.16. The van der Waals surface area contributed by atoms with E-state index in [-0.39, 0.29) is 5.97 Å². The number of fused-ring (bicyclic) bond motifs is 1. The molecule has 24 heavy (non-hydrogen) atoms. The van der Waals surface area contributed by atoms with Gasteiger partial charge in [0.2, 0.25) is 0 Å². The van der Waals surface area contributed by atoms with E-state index in [0.717, 1.165) is 27.3 Å². The number of nitrogens with one attached hydrogen (secondary N) is 1.